The number of ether oxygens (including phenoxy) is 1. The predicted molar refractivity (Wildman–Crippen MR) is 106 cm³/mol. The Hall–Kier alpha value is -3.12. The van der Waals surface area contributed by atoms with E-state index < -0.39 is 0 Å². The van der Waals surface area contributed by atoms with Gasteiger partial charge in [-0.15, -0.1) is 0 Å². The molecule has 1 heterocycles. The lowest BCUT2D eigenvalue weighted by molar-refractivity contribution is 0.0950. The van der Waals surface area contributed by atoms with E-state index in [2.05, 4.69) is 20.6 Å². The number of hydrogen-bond acceptors (Lipinski definition) is 5. The maximum absolute atomic E-state index is 12.3. The van der Waals surface area contributed by atoms with Crippen LogP contribution in [0, 0.1) is 6.92 Å². The molecule has 0 atom stereocenters. The normalized spacial score (nSPS) is 10.3. The van der Waals surface area contributed by atoms with Gasteiger partial charge in [-0.05, 0) is 30.7 Å². The molecule has 3 aromatic rings. The Morgan fingerprint density at radius 2 is 1.93 bits per heavy atom. The minimum Gasteiger partial charge on any atom is -0.495 e. The molecule has 2 aromatic carbocycles. The zero-order chi connectivity index (χ0) is 19.2. The van der Waals surface area contributed by atoms with Gasteiger partial charge in [0.25, 0.3) is 5.91 Å². The molecule has 0 spiro atoms. The highest BCUT2D eigenvalue weighted by atomic mass is 35.5. The first-order valence-corrected chi connectivity index (χ1v) is 8.69. The van der Waals surface area contributed by atoms with Crippen LogP contribution in [0.3, 0.4) is 0 Å². The molecule has 1 amide bonds. The Labute approximate surface area is 162 Å². The van der Waals surface area contributed by atoms with Crippen LogP contribution >= 0.6 is 11.6 Å². The molecule has 0 fully saturated rings. The summed E-state index contributed by atoms with van der Waals surface area (Å²) >= 11 is 6.01. The molecule has 27 heavy (non-hydrogen) atoms. The Balaban J connectivity index is 1.64. The number of carbonyl (C=O) groups is 1. The summed E-state index contributed by atoms with van der Waals surface area (Å²) in [5.41, 5.74) is 3.21. The monoisotopic (exact) mass is 382 g/mol. The van der Waals surface area contributed by atoms with Crippen LogP contribution in [0.1, 0.15) is 21.5 Å². The van der Waals surface area contributed by atoms with E-state index >= 15 is 0 Å². The zero-order valence-electron chi connectivity index (χ0n) is 15.0. The highest BCUT2D eigenvalue weighted by molar-refractivity contribution is 6.31. The highest BCUT2D eigenvalue weighted by Crippen LogP contribution is 2.29. The number of methoxy groups -OCH3 is 1. The van der Waals surface area contributed by atoms with Crippen molar-refractivity contribution in [3.63, 3.8) is 0 Å². The number of hydrogen-bond donors (Lipinski definition) is 2. The Morgan fingerprint density at radius 3 is 2.63 bits per heavy atom. The second kappa shape index (κ2) is 8.51. The summed E-state index contributed by atoms with van der Waals surface area (Å²) in [7, 11) is 1.57. The molecule has 7 heteroatoms. The molecular weight excluding hydrogens is 364 g/mol. The van der Waals surface area contributed by atoms with Crippen LogP contribution in [-0.4, -0.2) is 23.0 Å². The Kier molecular flexibility index (Phi) is 5.88. The number of carbonyl (C=O) groups excluding carboxylic acids is 1. The number of halogens is 1. The van der Waals surface area contributed by atoms with Gasteiger partial charge in [-0.3, -0.25) is 4.79 Å². The standard InChI is InChI=1S/C20H19ClN4O2/c1-13-4-3-5-14(8-13)10-22-19(26)15-11-23-20(24-12-15)25-17-9-16(21)6-7-18(17)27-2/h3-9,11-12H,10H2,1-2H3,(H,22,26)(H,23,24,25). The van der Waals surface area contributed by atoms with Crippen LogP contribution in [-0.2, 0) is 6.54 Å². The zero-order valence-corrected chi connectivity index (χ0v) is 15.7. The fraction of sp³-hybridized carbons (Fsp3) is 0.150. The van der Waals surface area contributed by atoms with Crippen LogP contribution in [0.15, 0.2) is 54.9 Å². The minimum absolute atomic E-state index is 0.233. The van der Waals surface area contributed by atoms with Crippen LogP contribution in [0.4, 0.5) is 11.6 Å². The second-order valence-electron chi connectivity index (χ2n) is 5.94. The van der Waals surface area contributed by atoms with Gasteiger partial charge in [0.2, 0.25) is 5.95 Å². The van der Waals surface area contributed by atoms with Crippen molar-refractivity contribution >= 4 is 29.1 Å². The van der Waals surface area contributed by atoms with E-state index in [1.54, 1.807) is 25.3 Å². The van der Waals surface area contributed by atoms with E-state index in [0.29, 0.717) is 34.5 Å². The second-order valence-corrected chi connectivity index (χ2v) is 6.37. The fourth-order valence-electron chi connectivity index (χ4n) is 2.51. The van der Waals surface area contributed by atoms with Crippen LogP contribution in [0.25, 0.3) is 0 Å². The van der Waals surface area contributed by atoms with E-state index in [4.69, 9.17) is 16.3 Å². The summed E-state index contributed by atoms with van der Waals surface area (Å²) < 4.78 is 5.28. The summed E-state index contributed by atoms with van der Waals surface area (Å²) in [6, 6.07) is 13.2. The highest BCUT2D eigenvalue weighted by Gasteiger charge is 2.09. The largest absolute Gasteiger partial charge is 0.495 e. The van der Waals surface area contributed by atoms with Crippen LogP contribution in [0.5, 0.6) is 5.75 Å². The van der Waals surface area contributed by atoms with Crippen LogP contribution < -0.4 is 15.4 Å². The molecule has 138 valence electrons. The smallest absolute Gasteiger partial charge is 0.254 e. The van der Waals surface area contributed by atoms with Crippen molar-refractivity contribution in [3.8, 4) is 5.75 Å². The van der Waals surface area contributed by atoms with Crippen molar-refractivity contribution in [2.75, 3.05) is 12.4 Å². The van der Waals surface area contributed by atoms with Crippen molar-refractivity contribution < 1.29 is 9.53 Å². The third-order valence-corrected chi connectivity index (χ3v) is 4.09. The summed E-state index contributed by atoms with van der Waals surface area (Å²) in [6.45, 7) is 2.46. The molecular formula is C20H19ClN4O2. The Bertz CT molecular complexity index is 945. The lowest BCUT2D eigenvalue weighted by atomic mass is 10.1. The van der Waals surface area contributed by atoms with Crippen molar-refractivity contribution in [2.24, 2.45) is 0 Å². The number of aromatic nitrogens is 2. The molecule has 6 nitrogen and oxygen atoms in total. The molecule has 0 saturated heterocycles. The molecule has 0 unspecified atom stereocenters. The first-order chi connectivity index (χ1) is 13.0. The van der Waals surface area contributed by atoms with Gasteiger partial charge in [-0.25, -0.2) is 9.97 Å². The van der Waals surface area contributed by atoms with Crippen molar-refractivity contribution in [1.29, 1.82) is 0 Å². The van der Waals surface area contributed by atoms with E-state index in [1.165, 1.54) is 12.4 Å². The fourth-order valence-corrected chi connectivity index (χ4v) is 2.69. The molecule has 0 bridgehead atoms. The van der Waals surface area contributed by atoms with Gasteiger partial charge in [0.05, 0.1) is 18.4 Å². The molecule has 0 aliphatic heterocycles. The number of nitrogens with zero attached hydrogens (tertiary/aromatic N) is 2. The molecule has 0 aliphatic carbocycles. The van der Waals surface area contributed by atoms with Crippen LogP contribution in [0.2, 0.25) is 5.02 Å². The van der Waals surface area contributed by atoms with E-state index in [-0.39, 0.29) is 5.91 Å². The quantitative estimate of drug-likeness (QED) is 0.670. The number of rotatable bonds is 6. The van der Waals surface area contributed by atoms with E-state index in [9.17, 15) is 4.79 Å². The van der Waals surface area contributed by atoms with E-state index in [1.807, 2.05) is 31.2 Å². The summed E-state index contributed by atoms with van der Waals surface area (Å²) in [5.74, 6) is 0.720. The summed E-state index contributed by atoms with van der Waals surface area (Å²) in [4.78, 5) is 20.6. The average Bonchev–Trinajstić information content (AvgIpc) is 2.67. The summed E-state index contributed by atoms with van der Waals surface area (Å²) in [6.07, 6.45) is 2.94. The topological polar surface area (TPSA) is 76.1 Å². The van der Waals surface area contributed by atoms with Gasteiger partial charge in [-0.2, -0.15) is 0 Å². The number of anilines is 2. The minimum atomic E-state index is -0.233. The molecule has 2 N–H and O–H groups in total. The number of benzene rings is 2. The van der Waals surface area contributed by atoms with Gasteiger partial charge in [-0.1, -0.05) is 41.4 Å². The maximum Gasteiger partial charge on any atom is 0.254 e. The first kappa shape index (κ1) is 18.7. The predicted octanol–water partition coefficient (Wildman–Crippen LogP) is 4.12. The first-order valence-electron chi connectivity index (χ1n) is 8.31. The lowest BCUT2D eigenvalue weighted by Crippen LogP contribution is -2.23. The maximum atomic E-state index is 12.3. The molecule has 0 saturated carbocycles. The number of amides is 1. The SMILES string of the molecule is COc1ccc(Cl)cc1Nc1ncc(C(=O)NCc2cccc(C)c2)cn1. The van der Waals surface area contributed by atoms with Gasteiger partial charge in [0, 0.05) is 24.0 Å². The van der Waals surface area contributed by atoms with E-state index in [0.717, 1.165) is 11.1 Å². The molecule has 0 radical (unpaired) electrons. The third-order valence-electron chi connectivity index (χ3n) is 3.86. The molecule has 3 rings (SSSR count). The third kappa shape index (κ3) is 4.95. The van der Waals surface area contributed by atoms with Crippen molar-refractivity contribution in [2.45, 2.75) is 13.5 Å². The molecule has 0 aliphatic rings. The lowest BCUT2D eigenvalue weighted by Gasteiger charge is -2.10. The van der Waals surface area contributed by atoms with Crippen molar-refractivity contribution in [3.05, 3.63) is 76.6 Å². The van der Waals surface area contributed by atoms with Gasteiger partial charge in [0.15, 0.2) is 0 Å². The number of aryl methyl sites for hydroxylation is 1. The van der Waals surface area contributed by atoms with Gasteiger partial charge in [0.1, 0.15) is 5.75 Å². The van der Waals surface area contributed by atoms with Gasteiger partial charge < -0.3 is 15.4 Å². The number of nitrogens with one attached hydrogen (secondary N) is 2. The molecule has 1 aromatic heterocycles. The average molecular weight is 383 g/mol. The summed E-state index contributed by atoms with van der Waals surface area (Å²) in [5, 5.41) is 6.45. The Morgan fingerprint density at radius 1 is 1.15 bits per heavy atom. The van der Waals surface area contributed by atoms with Gasteiger partial charge >= 0.3 is 0 Å². The van der Waals surface area contributed by atoms with Crippen molar-refractivity contribution in [1.82, 2.24) is 15.3 Å².